The minimum absolute atomic E-state index is 0.0382. The van der Waals surface area contributed by atoms with E-state index < -0.39 is 35.2 Å². The van der Waals surface area contributed by atoms with Gasteiger partial charge in [-0.15, -0.1) is 0 Å². The van der Waals surface area contributed by atoms with E-state index >= 15 is 0 Å². The fourth-order valence-electron chi connectivity index (χ4n) is 4.29. The molecule has 3 aromatic carbocycles. The number of aliphatic hydroxyl groups is 1. The number of amides is 1. The van der Waals surface area contributed by atoms with Gasteiger partial charge < -0.3 is 14.6 Å². The highest BCUT2D eigenvalue weighted by molar-refractivity contribution is 6.51. The van der Waals surface area contributed by atoms with Crippen LogP contribution in [-0.4, -0.2) is 31.0 Å². The SMILES string of the molecule is COc1cccc(C2/C(=C(\O)c3cc(C)cc(Cl)c3OC)C(=O)C(=O)N2c2ccc(C(F)(F)F)cc2)c1. The molecule has 10 heteroatoms. The van der Waals surface area contributed by atoms with Crippen molar-refractivity contribution in [3.05, 3.63) is 93.5 Å². The molecule has 0 saturated carbocycles. The summed E-state index contributed by atoms with van der Waals surface area (Å²) in [4.78, 5) is 27.7. The zero-order chi connectivity index (χ0) is 27.1. The first kappa shape index (κ1) is 26.1. The van der Waals surface area contributed by atoms with Gasteiger partial charge in [0.1, 0.15) is 17.3 Å². The molecule has 1 aliphatic rings. The zero-order valence-electron chi connectivity index (χ0n) is 19.9. The molecule has 192 valence electrons. The van der Waals surface area contributed by atoms with Crippen LogP contribution in [0.5, 0.6) is 11.5 Å². The number of Topliss-reactive ketones (excluding diaryl/α,β-unsaturated/α-hetero) is 1. The molecule has 6 nitrogen and oxygen atoms in total. The number of hydrogen-bond acceptors (Lipinski definition) is 5. The fourth-order valence-corrected chi connectivity index (χ4v) is 4.65. The molecule has 3 aromatic rings. The maximum atomic E-state index is 13.3. The van der Waals surface area contributed by atoms with E-state index in [9.17, 15) is 27.9 Å². The Morgan fingerprint density at radius 3 is 2.27 bits per heavy atom. The number of methoxy groups -OCH3 is 2. The van der Waals surface area contributed by atoms with Crippen LogP contribution in [0.2, 0.25) is 5.02 Å². The largest absolute Gasteiger partial charge is 0.507 e. The summed E-state index contributed by atoms with van der Waals surface area (Å²) in [6, 6.07) is 12.3. The number of anilines is 1. The van der Waals surface area contributed by atoms with Crippen LogP contribution < -0.4 is 14.4 Å². The average Bonchev–Trinajstić information content (AvgIpc) is 3.13. The third kappa shape index (κ3) is 4.74. The molecule has 1 amide bonds. The van der Waals surface area contributed by atoms with Crippen molar-refractivity contribution in [1.29, 1.82) is 0 Å². The van der Waals surface area contributed by atoms with Crippen molar-refractivity contribution in [1.82, 2.24) is 0 Å². The Balaban J connectivity index is 1.98. The van der Waals surface area contributed by atoms with Crippen molar-refractivity contribution in [3.8, 4) is 11.5 Å². The molecule has 4 rings (SSSR count). The first-order chi connectivity index (χ1) is 17.5. The minimum Gasteiger partial charge on any atom is -0.507 e. The fraction of sp³-hybridized carbons (Fsp3) is 0.185. The van der Waals surface area contributed by atoms with Crippen LogP contribution in [-0.2, 0) is 15.8 Å². The Kier molecular flexibility index (Phi) is 6.92. The van der Waals surface area contributed by atoms with Gasteiger partial charge in [0.05, 0.1) is 42.0 Å². The molecule has 1 heterocycles. The van der Waals surface area contributed by atoms with Crippen LogP contribution in [0.1, 0.15) is 28.3 Å². The van der Waals surface area contributed by atoms with Gasteiger partial charge in [-0.3, -0.25) is 14.5 Å². The maximum absolute atomic E-state index is 13.3. The molecule has 0 spiro atoms. The standard InChI is InChI=1S/C27H21ClF3NO5/c1-14-11-19(25(37-3)20(28)12-14)23(33)21-22(15-5-4-6-18(13-15)36-2)32(26(35)24(21)34)17-9-7-16(8-10-17)27(29,30)31/h4-13,22,33H,1-3H3/b23-21+. The number of nitrogens with zero attached hydrogens (tertiary/aromatic N) is 1. The second-order valence-electron chi connectivity index (χ2n) is 8.32. The van der Waals surface area contributed by atoms with E-state index in [2.05, 4.69) is 0 Å². The first-order valence-corrected chi connectivity index (χ1v) is 11.3. The van der Waals surface area contributed by atoms with E-state index in [4.69, 9.17) is 21.1 Å². The molecular weight excluding hydrogens is 511 g/mol. The van der Waals surface area contributed by atoms with Crippen LogP contribution in [0.25, 0.3) is 5.76 Å². The van der Waals surface area contributed by atoms with Gasteiger partial charge in [0.25, 0.3) is 11.7 Å². The predicted octanol–water partition coefficient (Wildman–Crippen LogP) is 6.31. The van der Waals surface area contributed by atoms with Gasteiger partial charge >= 0.3 is 6.18 Å². The molecule has 1 fully saturated rings. The molecule has 37 heavy (non-hydrogen) atoms. The number of carbonyl (C=O) groups excluding carboxylic acids is 2. The second kappa shape index (κ2) is 9.82. The number of hydrogen-bond donors (Lipinski definition) is 1. The second-order valence-corrected chi connectivity index (χ2v) is 8.73. The number of carbonyl (C=O) groups is 2. The summed E-state index contributed by atoms with van der Waals surface area (Å²) in [5, 5.41) is 11.6. The van der Waals surface area contributed by atoms with Gasteiger partial charge in [-0.25, -0.2) is 0 Å². The van der Waals surface area contributed by atoms with Gasteiger partial charge in [0, 0.05) is 5.69 Å². The normalized spacial score (nSPS) is 17.3. The van der Waals surface area contributed by atoms with Crippen LogP contribution >= 0.6 is 11.6 Å². The first-order valence-electron chi connectivity index (χ1n) is 10.9. The van der Waals surface area contributed by atoms with E-state index in [1.165, 1.54) is 14.2 Å². The number of halogens is 4. The lowest BCUT2D eigenvalue weighted by Crippen LogP contribution is -2.29. The molecule has 1 unspecified atom stereocenters. The van der Waals surface area contributed by atoms with Crippen LogP contribution in [0.3, 0.4) is 0 Å². The highest BCUT2D eigenvalue weighted by atomic mass is 35.5. The zero-order valence-corrected chi connectivity index (χ0v) is 20.6. The number of alkyl halides is 3. The van der Waals surface area contributed by atoms with E-state index in [1.54, 1.807) is 43.3 Å². The van der Waals surface area contributed by atoms with Crippen molar-refractivity contribution in [3.63, 3.8) is 0 Å². The lowest BCUT2D eigenvalue weighted by molar-refractivity contribution is -0.137. The van der Waals surface area contributed by atoms with Gasteiger partial charge in [-0.1, -0.05) is 23.7 Å². The Morgan fingerprint density at radius 2 is 1.68 bits per heavy atom. The van der Waals surface area contributed by atoms with E-state index in [1.807, 2.05) is 0 Å². The predicted molar refractivity (Wildman–Crippen MR) is 132 cm³/mol. The van der Waals surface area contributed by atoms with E-state index in [-0.39, 0.29) is 27.6 Å². The molecule has 1 aliphatic heterocycles. The van der Waals surface area contributed by atoms with Crippen molar-refractivity contribution in [2.24, 2.45) is 0 Å². The Morgan fingerprint density at radius 1 is 1.00 bits per heavy atom. The third-order valence-electron chi connectivity index (χ3n) is 5.97. The Bertz CT molecular complexity index is 1420. The van der Waals surface area contributed by atoms with Gasteiger partial charge in [-0.05, 0) is 66.6 Å². The summed E-state index contributed by atoms with van der Waals surface area (Å²) in [7, 11) is 2.78. The molecule has 0 aromatic heterocycles. The topological polar surface area (TPSA) is 76.1 Å². The quantitative estimate of drug-likeness (QED) is 0.237. The van der Waals surface area contributed by atoms with Crippen LogP contribution in [0, 0.1) is 6.92 Å². The Labute approximate surface area is 215 Å². The highest BCUT2D eigenvalue weighted by Gasteiger charge is 2.47. The lowest BCUT2D eigenvalue weighted by atomic mass is 9.94. The molecule has 1 atom stereocenters. The number of ether oxygens (including phenoxy) is 2. The average molecular weight is 532 g/mol. The van der Waals surface area contributed by atoms with Crippen molar-refractivity contribution in [2.75, 3.05) is 19.1 Å². The van der Waals surface area contributed by atoms with Crippen molar-refractivity contribution in [2.45, 2.75) is 19.1 Å². The van der Waals surface area contributed by atoms with Gasteiger partial charge in [0.2, 0.25) is 0 Å². The summed E-state index contributed by atoms with van der Waals surface area (Å²) in [6.45, 7) is 1.72. The molecular formula is C27H21ClF3NO5. The summed E-state index contributed by atoms with van der Waals surface area (Å²) < 4.78 is 50.0. The molecule has 1 N–H and O–H groups in total. The number of aliphatic hydroxyl groups excluding tert-OH is 1. The van der Waals surface area contributed by atoms with Crippen molar-refractivity contribution < 1.29 is 37.3 Å². The monoisotopic (exact) mass is 531 g/mol. The van der Waals surface area contributed by atoms with E-state index in [0.29, 0.717) is 16.9 Å². The lowest BCUT2D eigenvalue weighted by Gasteiger charge is -2.26. The van der Waals surface area contributed by atoms with Crippen molar-refractivity contribution >= 4 is 34.7 Å². The summed E-state index contributed by atoms with van der Waals surface area (Å²) >= 11 is 6.29. The van der Waals surface area contributed by atoms with Gasteiger partial charge in [-0.2, -0.15) is 13.2 Å². The smallest absolute Gasteiger partial charge is 0.416 e. The van der Waals surface area contributed by atoms with E-state index in [0.717, 1.165) is 29.2 Å². The summed E-state index contributed by atoms with van der Waals surface area (Å²) in [5.41, 5.74) is -0.0231. The number of benzene rings is 3. The molecule has 0 bridgehead atoms. The molecule has 1 saturated heterocycles. The minimum atomic E-state index is -4.58. The van der Waals surface area contributed by atoms with Crippen LogP contribution in [0.4, 0.5) is 18.9 Å². The number of ketones is 1. The summed E-state index contributed by atoms with van der Waals surface area (Å²) in [6.07, 6.45) is -4.58. The number of rotatable bonds is 5. The van der Waals surface area contributed by atoms with Gasteiger partial charge in [0.15, 0.2) is 0 Å². The maximum Gasteiger partial charge on any atom is 0.416 e. The Hall–Kier alpha value is -3.98. The molecule has 0 aliphatic carbocycles. The van der Waals surface area contributed by atoms with Crippen LogP contribution in [0.15, 0.2) is 66.2 Å². The summed E-state index contributed by atoms with van der Waals surface area (Å²) in [5.74, 6) is -2.08. The third-order valence-corrected chi connectivity index (χ3v) is 6.25. The molecule has 0 radical (unpaired) electrons. The highest BCUT2D eigenvalue weighted by Crippen LogP contribution is 2.45. The number of aryl methyl sites for hydroxylation is 1.